The molecule has 0 aliphatic heterocycles. The Labute approximate surface area is 91.4 Å². The van der Waals surface area contributed by atoms with Crippen molar-refractivity contribution < 1.29 is 4.74 Å². The summed E-state index contributed by atoms with van der Waals surface area (Å²) in [5.41, 5.74) is 0.369. The van der Waals surface area contributed by atoms with Gasteiger partial charge in [0.2, 0.25) is 0 Å². The monoisotopic (exact) mass is 250 g/mol. The summed E-state index contributed by atoms with van der Waals surface area (Å²) in [4.78, 5) is 0. The number of hydrogen-bond donors (Lipinski definition) is 0. The molecule has 0 saturated heterocycles. The van der Waals surface area contributed by atoms with Crippen molar-refractivity contribution in [2.45, 2.75) is 46.5 Å². The SMILES string of the molecule is CCCCOCC(CC)(CC)CBr. The fourth-order valence-corrected chi connectivity index (χ4v) is 2.17. The van der Waals surface area contributed by atoms with Crippen LogP contribution in [0.4, 0.5) is 0 Å². The molecule has 0 saturated carbocycles. The molecule has 0 aromatic heterocycles. The minimum Gasteiger partial charge on any atom is -0.381 e. The number of unbranched alkanes of at least 4 members (excludes halogenated alkanes) is 1. The molecular formula is C11H23BrO. The predicted octanol–water partition coefficient (Wildman–Crippen LogP) is 4.00. The van der Waals surface area contributed by atoms with Gasteiger partial charge in [0.05, 0.1) is 6.61 Å². The molecule has 0 unspecified atom stereocenters. The van der Waals surface area contributed by atoms with Crippen molar-refractivity contribution in [2.24, 2.45) is 5.41 Å². The molecule has 80 valence electrons. The second-order valence-electron chi connectivity index (χ2n) is 3.75. The zero-order chi connectivity index (χ0) is 10.2. The minimum atomic E-state index is 0.369. The van der Waals surface area contributed by atoms with Gasteiger partial charge in [0.1, 0.15) is 0 Å². The third kappa shape index (κ3) is 5.02. The zero-order valence-corrected chi connectivity index (χ0v) is 10.8. The Hall–Kier alpha value is 0.440. The molecule has 0 heterocycles. The summed E-state index contributed by atoms with van der Waals surface area (Å²) in [6.07, 6.45) is 4.80. The summed E-state index contributed by atoms with van der Waals surface area (Å²) >= 11 is 3.58. The number of ether oxygens (including phenoxy) is 1. The van der Waals surface area contributed by atoms with Gasteiger partial charge in [-0.25, -0.2) is 0 Å². The van der Waals surface area contributed by atoms with E-state index in [4.69, 9.17) is 4.74 Å². The van der Waals surface area contributed by atoms with Crippen LogP contribution in [0.1, 0.15) is 46.5 Å². The zero-order valence-electron chi connectivity index (χ0n) is 9.24. The van der Waals surface area contributed by atoms with Gasteiger partial charge in [0.25, 0.3) is 0 Å². The summed E-state index contributed by atoms with van der Waals surface area (Å²) < 4.78 is 5.68. The molecule has 0 atom stereocenters. The van der Waals surface area contributed by atoms with Crippen molar-refractivity contribution >= 4 is 15.9 Å². The third-order valence-electron chi connectivity index (χ3n) is 2.83. The summed E-state index contributed by atoms with van der Waals surface area (Å²) in [5.74, 6) is 0. The van der Waals surface area contributed by atoms with Crippen LogP contribution in [-0.2, 0) is 4.74 Å². The Bertz CT molecular complexity index is 102. The van der Waals surface area contributed by atoms with Crippen molar-refractivity contribution in [1.82, 2.24) is 0 Å². The Morgan fingerprint density at radius 1 is 1.15 bits per heavy atom. The molecule has 0 fully saturated rings. The highest BCUT2D eigenvalue weighted by Gasteiger charge is 2.24. The van der Waals surface area contributed by atoms with Crippen LogP contribution in [0, 0.1) is 5.41 Å². The van der Waals surface area contributed by atoms with Crippen LogP contribution >= 0.6 is 15.9 Å². The maximum Gasteiger partial charge on any atom is 0.0530 e. The molecule has 1 nitrogen and oxygen atoms in total. The number of alkyl halides is 1. The van der Waals surface area contributed by atoms with Crippen molar-refractivity contribution in [2.75, 3.05) is 18.5 Å². The molecule has 0 bridgehead atoms. The first-order valence-electron chi connectivity index (χ1n) is 5.38. The van der Waals surface area contributed by atoms with E-state index < -0.39 is 0 Å². The summed E-state index contributed by atoms with van der Waals surface area (Å²) in [6.45, 7) is 8.51. The molecule has 2 heteroatoms. The van der Waals surface area contributed by atoms with Gasteiger partial charge < -0.3 is 4.74 Å². The quantitative estimate of drug-likeness (QED) is 0.468. The van der Waals surface area contributed by atoms with Gasteiger partial charge in [-0.15, -0.1) is 0 Å². The van der Waals surface area contributed by atoms with Gasteiger partial charge in [-0.2, -0.15) is 0 Å². The van der Waals surface area contributed by atoms with Crippen LogP contribution in [0.15, 0.2) is 0 Å². The van der Waals surface area contributed by atoms with E-state index in [-0.39, 0.29) is 0 Å². The van der Waals surface area contributed by atoms with Gasteiger partial charge in [-0.3, -0.25) is 0 Å². The highest BCUT2D eigenvalue weighted by Crippen LogP contribution is 2.28. The predicted molar refractivity (Wildman–Crippen MR) is 62.5 cm³/mol. The van der Waals surface area contributed by atoms with E-state index in [2.05, 4.69) is 36.7 Å². The molecular weight excluding hydrogens is 228 g/mol. The number of hydrogen-bond acceptors (Lipinski definition) is 1. The molecule has 0 rings (SSSR count). The first-order valence-corrected chi connectivity index (χ1v) is 6.50. The molecule has 0 radical (unpaired) electrons. The van der Waals surface area contributed by atoms with E-state index >= 15 is 0 Å². The van der Waals surface area contributed by atoms with Crippen LogP contribution in [0.25, 0.3) is 0 Å². The smallest absolute Gasteiger partial charge is 0.0530 e. The van der Waals surface area contributed by atoms with Crippen LogP contribution in [-0.4, -0.2) is 18.5 Å². The van der Waals surface area contributed by atoms with Crippen molar-refractivity contribution in [3.63, 3.8) is 0 Å². The normalized spacial score (nSPS) is 12.0. The van der Waals surface area contributed by atoms with Crippen molar-refractivity contribution in [3.05, 3.63) is 0 Å². The maximum atomic E-state index is 5.68. The summed E-state index contributed by atoms with van der Waals surface area (Å²) in [6, 6.07) is 0. The maximum absolute atomic E-state index is 5.68. The Morgan fingerprint density at radius 3 is 2.15 bits per heavy atom. The molecule has 0 aromatic rings. The fraction of sp³-hybridized carbons (Fsp3) is 1.00. The van der Waals surface area contributed by atoms with Crippen LogP contribution in [0.5, 0.6) is 0 Å². The van der Waals surface area contributed by atoms with E-state index in [0.29, 0.717) is 5.41 Å². The lowest BCUT2D eigenvalue weighted by atomic mass is 9.86. The van der Waals surface area contributed by atoms with E-state index in [1.807, 2.05) is 0 Å². The second kappa shape index (κ2) is 7.81. The van der Waals surface area contributed by atoms with Gasteiger partial charge in [-0.05, 0) is 19.3 Å². The van der Waals surface area contributed by atoms with Gasteiger partial charge in [0, 0.05) is 17.4 Å². The molecule has 0 aliphatic rings. The van der Waals surface area contributed by atoms with Crippen LogP contribution < -0.4 is 0 Å². The van der Waals surface area contributed by atoms with Gasteiger partial charge >= 0.3 is 0 Å². The van der Waals surface area contributed by atoms with Crippen LogP contribution in [0.3, 0.4) is 0 Å². The third-order valence-corrected chi connectivity index (χ3v) is 4.02. The Kier molecular flexibility index (Phi) is 8.07. The van der Waals surface area contributed by atoms with Crippen molar-refractivity contribution in [3.8, 4) is 0 Å². The first kappa shape index (κ1) is 13.4. The largest absolute Gasteiger partial charge is 0.381 e. The van der Waals surface area contributed by atoms with Crippen LogP contribution in [0.2, 0.25) is 0 Å². The van der Waals surface area contributed by atoms with E-state index in [0.717, 1.165) is 18.5 Å². The minimum absolute atomic E-state index is 0.369. The first-order chi connectivity index (χ1) is 6.24. The average Bonchev–Trinajstić information content (AvgIpc) is 2.20. The topological polar surface area (TPSA) is 9.23 Å². The van der Waals surface area contributed by atoms with E-state index in [1.165, 1.54) is 25.7 Å². The molecule has 0 N–H and O–H groups in total. The second-order valence-corrected chi connectivity index (χ2v) is 4.31. The highest BCUT2D eigenvalue weighted by atomic mass is 79.9. The number of rotatable bonds is 8. The lowest BCUT2D eigenvalue weighted by molar-refractivity contribution is 0.0501. The molecule has 0 aliphatic carbocycles. The molecule has 0 amide bonds. The Morgan fingerprint density at radius 2 is 1.77 bits per heavy atom. The molecule has 0 aromatic carbocycles. The highest BCUT2D eigenvalue weighted by molar-refractivity contribution is 9.09. The molecule has 13 heavy (non-hydrogen) atoms. The standard InChI is InChI=1S/C11H23BrO/c1-4-7-8-13-10-11(5-2,6-3)9-12/h4-10H2,1-3H3. The van der Waals surface area contributed by atoms with E-state index in [1.54, 1.807) is 0 Å². The lowest BCUT2D eigenvalue weighted by Crippen LogP contribution is -2.27. The van der Waals surface area contributed by atoms with Gasteiger partial charge in [-0.1, -0.05) is 43.1 Å². The van der Waals surface area contributed by atoms with E-state index in [9.17, 15) is 0 Å². The van der Waals surface area contributed by atoms with Crippen molar-refractivity contribution in [1.29, 1.82) is 0 Å². The Balaban J connectivity index is 3.68. The summed E-state index contributed by atoms with van der Waals surface area (Å²) in [7, 11) is 0. The number of halogens is 1. The fourth-order valence-electron chi connectivity index (χ4n) is 1.22. The average molecular weight is 251 g/mol. The summed E-state index contributed by atoms with van der Waals surface area (Å²) in [5, 5.41) is 1.05. The van der Waals surface area contributed by atoms with Gasteiger partial charge in [0.15, 0.2) is 0 Å². The lowest BCUT2D eigenvalue weighted by Gasteiger charge is -2.29. The molecule has 0 spiro atoms.